The van der Waals surface area contributed by atoms with Crippen LogP contribution in [0.1, 0.15) is 11.3 Å². The fourth-order valence-electron chi connectivity index (χ4n) is 2.52. The number of amides is 1. The summed E-state index contributed by atoms with van der Waals surface area (Å²) < 4.78 is 0. The number of hydrogen-bond donors (Lipinski definition) is 2. The predicted octanol–water partition coefficient (Wildman–Crippen LogP) is 4.96. The van der Waals surface area contributed by atoms with E-state index < -0.39 is 0 Å². The maximum absolute atomic E-state index is 12.3. The first-order chi connectivity index (χ1) is 10.6. The number of anilines is 1. The monoisotopic (exact) mass is 332 g/mol. The minimum absolute atomic E-state index is 0.150. The minimum atomic E-state index is -0.150. The Morgan fingerprint density at radius 2 is 1.77 bits per heavy atom. The first-order valence-electron chi connectivity index (χ1n) is 6.86. The van der Waals surface area contributed by atoms with Gasteiger partial charge in [0.2, 0.25) is 5.91 Å². The minimum Gasteiger partial charge on any atom is -0.358 e. The van der Waals surface area contributed by atoms with Crippen molar-refractivity contribution in [2.75, 3.05) is 5.32 Å². The molecule has 0 saturated heterocycles. The second kappa shape index (κ2) is 6.03. The number of rotatable bonds is 3. The van der Waals surface area contributed by atoms with E-state index in [1.807, 2.05) is 31.2 Å². The maximum atomic E-state index is 12.3. The van der Waals surface area contributed by atoms with Gasteiger partial charge in [0.25, 0.3) is 0 Å². The molecule has 1 aromatic heterocycles. The average molecular weight is 333 g/mol. The van der Waals surface area contributed by atoms with Crippen molar-refractivity contribution in [3.05, 3.63) is 63.8 Å². The smallest absolute Gasteiger partial charge is 0.228 e. The molecule has 0 radical (unpaired) electrons. The molecule has 1 heterocycles. The summed E-state index contributed by atoms with van der Waals surface area (Å²) in [6, 6.07) is 13.1. The van der Waals surface area contributed by atoms with Crippen LogP contribution in [0.4, 0.5) is 5.69 Å². The predicted molar refractivity (Wildman–Crippen MR) is 91.8 cm³/mol. The van der Waals surface area contributed by atoms with Gasteiger partial charge in [-0.1, -0.05) is 47.5 Å². The molecule has 112 valence electrons. The van der Waals surface area contributed by atoms with Crippen LogP contribution in [0.25, 0.3) is 10.9 Å². The van der Waals surface area contributed by atoms with E-state index in [4.69, 9.17) is 23.2 Å². The highest BCUT2D eigenvalue weighted by Crippen LogP contribution is 2.30. The summed E-state index contributed by atoms with van der Waals surface area (Å²) in [6.45, 7) is 1.96. The molecule has 5 heteroatoms. The van der Waals surface area contributed by atoms with Gasteiger partial charge in [0.1, 0.15) is 0 Å². The fourth-order valence-corrected chi connectivity index (χ4v) is 3.02. The first kappa shape index (κ1) is 14.9. The van der Waals surface area contributed by atoms with Crippen LogP contribution in [0.15, 0.2) is 42.5 Å². The Hall–Kier alpha value is -1.97. The van der Waals surface area contributed by atoms with Crippen molar-refractivity contribution in [1.82, 2.24) is 4.98 Å². The fraction of sp³-hybridized carbons (Fsp3) is 0.118. The summed E-state index contributed by atoms with van der Waals surface area (Å²) in [4.78, 5) is 15.6. The average Bonchev–Trinajstić information content (AvgIpc) is 2.79. The molecule has 3 nitrogen and oxygen atoms in total. The SMILES string of the molecule is Cc1[nH]c2ccccc2c1CC(=O)Nc1c(Cl)cccc1Cl. The molecule has 0 bridgehead atoms. The third-order valence-electron chi connectivity index (χ3n) is 3.59. The van der Waals surface area contributed by atoms with Gasteiger partial charge in [0, 0.05) is 16.6 Å². The zero-order valence-corrected chi connectivity index (χ0v) is 13.4. The van der Waals surface area contributed by atoms with Crippen molar-refractivity contribution >= 4 is 45.7 Å². The molecule has 2 aromatic carbocycles. The van der Waals surface area contributed by atoms with Gasteiger partial charge in [-0.2, -0.15) is 0 Å². The molecule has 3 aromatic rings. The molecule has 0 saturated carbocycles. The number of benzene rings is 2. The van der Waals surface area contributed by atoms with Gasteiger partial charge in [-0.3, -0.25) is 4.79 Å². The van der Waals surface area contributed by atoms with Gasteiger partial charge in [0.05, 0.1) is 22.2 Å². The van der Waals surface area contributed by atoms with E-state index in [1.165, 1.54) is 0 Å². The van der Waals surface area contributed by atoms with Crippen molar-refractivity contribution in [3.8, 4) is 0 Å². The van der Waals surface area contributed by atoms with Crippen LogP contribution >= 0.6 is 23.2 Å². The van der Waals surface area contributed by atoms with Gasteiger partial charge in [-0.05, 0) is 30.7 Å². The standard InChI is InChI=1S/C17H14Cl2N2O/c1-10-12(11-5-2-3-8-15(11)20-10)9-16(22)21-17-13(18)6-4-7-14(17)19/h2-8,20H,9H2,1H3,(H,21,22). The molecule has 0 aliphatic heterocycles. The number of para-hydroxylation sites is 2. The lowest BCUT2D eigenvalue weighted by Gasteiger charge is -2.09. The number of halogens is 2. The van der Waals surface area contributed by atoms with Gasteiger partial charge in [-0.15, -0.1) is 0 Å². The number of hydrogen-bond acceptors (Lipinski definition) is 1. The van der Waals surface area contributed by atoms with E-state index in [2.05, 4.69) is 10.3 Å². The zero-order chi connectivity index (χ0) is 15.7. The van der Waals surface area contributed by atoms with E-state index in [-0.39, 0.29) is 12.3 Å². The first-order valence-corrected chi connectivity index (χ1v) is 7.62. The summed E-state index contributed by atoms with van der Waals surface area (Å²) in [5.74, 6) is -0.150. The molecule has 2 N–H and O–H groups in total. The number of nitrogens with one attached hydrogen (secondary N) is 2. The van der Waals surface area contributed by atoms with Crippen molar-refractivity contribution < 1.29 is 4.79 Å². The zero-order valence-electron chi connectivity index (χ0n) is 11.9. The molecule has 0 aliphatic rings. The Labute approximate surface area is 138 Å². The molecular formula is C17H14Cl2N2O. The lowest BCUT2D eigenvalue weighted by molar-refractivity contribution is -0.115. The number of aromatic amines is 1. The number of aromatic nitrogens is 1. The molecule has 3 rings (SSSR count). The summed E-state index contributed by atoms with van der Waals surface area (Å²) in [6.07, 6.45) is 0.261. The number of fused-ring (bicyclic) bond motifs is 1. The number of aryl methyl sites for hydroxylation is 1. The van der Waals surface area contributed by atoms with E-state index in [1.54, 1.807) is 18.2 Å². The third-order valence-corrected chi connectivity index (χ3v) is 4.22. The second-order valence-electron chi connectivity index (χ2n) is 5.10. The summed E-state index contributed by atoms with van der Waals surface area (Å²) in [7, 11) is 0. The molecular weight excluding hydrogens is 319 g/mol. The summed E-state index contributed by atoms with van der Waals surface area (Å²) in [5.41, 5.74) is 3.45. The molecule has 0 atom stereocenters. The Balaban J connectivity index is 1.86. The number of H-pyrrole nitrogens is 1. The Bertz CT molecular complexity index is 835. The van der Waals surface area contributed by atoms with Gasteiger partial charge in [0.15, 0.2) is 0 Å². The molecule has 0 spiro atoms. The molecule has 1 amide bonds. The van der Waals surface area contributed by atoms with E-state index in [0.717, 1.165) is 22.2 Å². The normalized spacial score (nSPS) is 10.9. The van der Waals surface area contributed by atoms with Crippen molar-refractivity contribution in [2.24, 2.45) is 0 Å². The van der Waals surface area contributed by atoms with Gasteiger partial charge in [-0.25, -0.2) is 0 Å². The Morgan fingerprint density at radius 3 is 2.50 bits per heavy atom. The van der Waals surface area contributed by atoms with Gasteiger partial charge >= 0.3 is 0 Å². The van der Waals surface area contributed by atoms with E-state index in [0.29, 0.717) is 15.7 Å². The highest BCUT2D eigenvalue weighted by molar-refractivity contribution is 6.39. The van der Waals surface area contributed by atoms with Crippen LogP contribution < -0.4 is 5.32 Å². The third kappa shape index (κ3) is 2.82. The second-order valence-corrected chi connectivity index (χ2v) is 5.91. The summed E-state index contributed by atoms with van der Waals surface area (Å²) >= 11 is 12.2. The Kier molecular flexibility index (Phi) is 4.10. The largest absolute Gasteiger partial charge is 0.358 e. The van der Waals surface area contributed by atoms with Crippen LogP contribution in [0.3, 0.4) is 0 Å². The van der Waals surface area contributed by atoms with Gasteiger partial charge < -0.3 is 10.3 Å². The Morgan fingerprint density at radius 1 is 1.09 bits per heavy atom. The highest BCUT2D eigenvalue weighted by Gasteiger charge is 2.14. The summed E-state index contributed by atoms with van der Waals surface area (Å²) in [5, 5.41) is 4.70. The lowest BCUT2D eigenvalue weighted by Crippen LogP contribution is -2.15. The maximum Gasteiger partial charge on any atom is 0.228 e. The molecule has 0 fully saturated rings. The number of carbonyl (C=O) groups is 1. The molecule has 0 aliphatic carbocycles. The van der Waals surface area contributed by atoms with Crippen molar-refractivity contribution in [1.29, 1.82) is 0 Å². The van der Waals surface area contributed by atoms with Crippen LogP contribution in [0.2, 0.25) is 10.0 Å². The van der Waals surface area contributed by atoms with Crippen LogP contribution in [-0.4, -0.2) is 10.9 Å². The number of carbonyl (C=O) groups excluding carboxylic acids is 1. The van der Waals surface area contributed by atoms with Crippen LogP contribution in [0, 0.1) is 6.92 Å². The topological polar surface area (TPSA) is 44.9 Å². The van der Waals surface area contributed by atoms with E-state index in [9.17, 15) is 4.79 Å². The van der Waals surface area contributed by atoms with Crippen molar-refractivity contribution in [3.63, 3.8) is 0 Å². The van der Waals surface area contributed by atoms with E-state index >= 15 is 0 Å². The lowest BCUT2D eigenvalue weighted by atomic mass is 10.1. The molecule has 0 unspecified atom stereocenters. The highest BCUT2D eigenvalue weighted by atomic mass is 35.5. The van der Waals surface area contributed by atoms with Crippen molar-refractivity contribution in [2.45, 2.75) is 13.3 Å². The van der Waals surface area contributed by atoms with Crippen LogP contribution in [-0.2, 0) is 11.2 Å². The quantitative estimate of drug-likeness (QED) is 0.699. The van der Waals surface area contributed by atoms with Crippen LogP contribution in [0.5, 0.6) is 0 Å². The molecule has 22 heavy (non-hydrogen) atoms.